The van der Waals surface area contributed by atoms with E-state index in [1.54, 1.807) is 0 Å². The van der Waals surface area contributed by atoms with E-state index >= 15 is 0 Å². The maximum absolute atomic E-state index is 5.74. The summed E-state index contributed by atoms with van der Waals surface area (Å²) in [6, 6.07) is 17.5. The highest BCUT2D eigenvalue weighted by Crippen LogP contribution is 2.28. The van der Waals surface area contributed by atoms with Crippen LogP contribution in [0, 0.1) is 0 Å². The van der Waals surface area contributed by atoms with Gasteiger partial charge in [0.05, 0.1) is 0 Å². The first-order valence-corrected chi connectivity index (χ1v) is 7.47. The number of hydrogen-bond donors (Lipinski definition) is 2. The van der Waals surface area contributed by atoms with Gasteiger partial charge in [-0.2, -0.15) is 0 Å². The molecule has 2 heteroatoms. The first-order chi connectivity index (χ1) is 9.86. The molecule has 1 aliphatic heterocycles. The summed E-state index contributed by atoms with van der Waals surface area (Å²) < 4.78 is 0. The van der Waals surface area contributed by atoms with Gasteiger partial charge in [-0.05, 0) is 53.6 Å². The lowest BCUT2D eigenvalue weighted by Crippen LogP contribution is -2.28. The van der Waals surface area contributed by atoms with Crippen molar-refractivity contribution in [1.82, 2.24) is 5.32 Å². The maximum atomic E-state index is 5.74. The molecule has 0 bridgehead atoms. The van der Waals surface area contributed by atoms with Crippen LogP contribution in [0.15, 0.2) is 48.5 Å². The lowest BCUT2D eigenvalue weighted by Gasteiger charge is -2.23. The first kappa shape index (κ1) is 13.3. The molecule has 0 aromatic heterocycles. The zero-order valence-electron chi connectivity index (χ0n) is 11.8. The summed E-state index contributed by atoms with van der Waals surface area (Å²) in [7, 11) is 0. The van der Waals surface area contributed by atoms with Crippen molar-refractivity contribution in [1.29, 1.82) is 0 Å². The Labute approximate surface area is 121 Å². The predicted octanol–water partition coefficient (Wildman–Crippen LogP) is 3.28. The van der Waals surface area contributed by atoms with Gasteiger partial charge in [0.1, 0.15) is 0 Å². The lowest BCUT2D eigenvalue weighted by atomic mass is 9.89. The van der Waals surface area contributed by atoms with Crippen molar-refractivity contribution < 1.29 is 0 Å². The molecule has 104 valence electrons. The maximum Gasteiger partial charge on any atom is 0.0178 e. The van der Waals surface area contributed by atoms with Crippen LogP contribution >= 0.6 is 0 Å². The Morgan fingerprint density at radius 1 is 1.05 bits per heavy atom. The number of piperidine rings is 1. The van der Waals surface area contributed by atoms with Crippen LogP contribution in [0.1, 0.15) is 29.9 Å². The quantitative estimate of drug-likeness (QED) is 0.894. The summed E-state index contributed by atoms with van der Waals surface area (Å²) in [6.07, 6.45) is 2.57. The molecule has 0 saturated carbocycles. The Hall–Kier alpha value is -1.64. The van der Waals surface area contributed by atoms with Crippen LogP contribution in [0.25, 0.3) is 11.1 Å². The molecule has 1 saturated heterocycles. The van der Waals surface area contributed by atoms with Crippen LogP contribution in [0.2, 0.25) is 0 Å². The molecule has 1 fully saturated rings. The molecular weight excluding hydrogens is 244 g/mol. The summed E-state index contributed by atoms with van der Waals surface area (Å²) in [5.74, 6) is 0.654. The standard InChI is InChI=1S/C18H22N2/c19-12-14-4-1-5-15(10-14)16-6-2-7-17(11-16)18-8-3-9-20-13-18/h1-2,4-7,10-11,18,20H,3,8-9,12-13,19H2. The van der Waals surface area contributed by atoms with Crippen molar-refractivity contribution in [3.63, 3.8) is 0 Å². The first-order valence-electron chi connectivity index (χ1n) is 7.47. The second-order valence-corrected chi connectivity index (χ2v) is 5.57. The highest BCUT2D eigenvalue weighted by Gasteiger charge is 2.15. The molecule has 0 radical (unpaired) electrons. The number of rotatable bonds is 3. The zero-order chi connectivity index (χ0) is 13.8. The minimum absolute atomic E-state index is 0.597. The van der Waals surface area contributed by atoms with Gasteiger partial charge in [-0.3, -0.25) is 0 Å². The molecule has 3 N–H and O–H groups in total. The van der Waals surface area contributed by atoms with Crippen molar-refractivity contribution in [2.45, 2.75) is 25.3 Å². The Kier molecular flexibility index (Phi) is 4.14. The Morgan fingerprint density at radius 2 is 1.85 bits per heavy atom. The molecule has 1 heterocycles. The predicted molar refractivity (Wildman–Crippen MR) is 84.6 cm³/mol. The highest BCUT2D eigenvalue weighted by atomic mass is 14.9. The summed E-state index contributed by atoms with van der Waals surface area (Å²) in [5, 5.41) is 3.49. The number of nitrogens with two attached hydrogens (primary N) is 1. The third-order valence-corrected chi connectivity index (χ3v) is 4.15. The van der Waals surface area contributed by atoms with E-state index in [0.717, 1.165) is 13.1 Å². The monoisotopic (exact) mass is 266 g/mol. The van der Waals surface area contributed by atoms with Gasteiger partial charge in [0.25, 0.3) is 0 Å². The molecule has 0 spiro atoms. The number of hydrogen-bond acceptors (Lipinski definition) is 2. The van der Waals surface area contributed by atoms with Gasteiger partial charge in [-0.1, -0.05) is 42.5 Å². The minimum Gasteiger partial charge on any atom is -0.326 e. The van der Waals surface area contributed by atoms with Crippen LogP contribution in [0.3, 0.4) is 0 Å². The second-order valence-electron chi connectivity index (χ2n) is 5.57. The van der Waals surface area contributed by atoms with Crippen molar-refractivity contribution >= 4 is 0 Å². The van der Waals surface area contributed by atoms with E-state index < -0.39 is 0 Å². The second kappa shape index (κ2) is 6.21. The van der Waals surface area contributed by atoms with Gasteiger partial charge in [-0.15, -0.1) is 0 Å². The third kappa shape index (κ3) is 2.92. The molecular formula is C18H22N2. The lowest BCUT2D eigenvalue weighted by molar-refractivity contribution is 0.462. The number of nitrogens with one attached hydrogen (secondary N) is 1. The Bertz CT molecular complexity index is 571. The fourth-order valence-electron chi connectivity index (χ4n) is 2.99. The van der Waals surface area contributed by atoms with E-state index in [0.29, 0.717) is 12.5 Å². The molecule has 2 aromatic rings. The van der Waals surface area contributed by atoms with Crippen LogP contribution in [0.4, 0.5) is 0 Å². The zero-order valence-corrected chi connectivity index (χ0v) is 11.8. The van der Waals surface area contributed by atoms with Crippen LogP contribution in [0.5, 0.6) is 0 Å². The Balaban J connectivity index is 1.89. The SMILES string of the molecule is NCc1cccc(-c2cccc(C3CCCNC3)c2)c1. The van der Waals surface area contributed by atoms with E-state index in [1.807, 2.05) is 0 Å². The summed E-state index contributed by atoms with van der Waals surface area (Å²) >= 11 is 0. The third-order valence-electron chi connectivity index (χ3n) is 4.15. The summed E-state index contributed by atoms with van der Waals surface area (Å²) in [6.45, 7) is 2.86. The van der Waals surface area contributed by atoms with Crippen molar-refractivity contribution in [3.8, 4) is 11.1 Å². The molecule has 20 heavy (non-hydrogen) atoms. The Morgan fingerprint density at radius 3 is 2.60 bits per heavy atom. The normalized spacial score (nSPS) is 18.9. The van der Waals surface area contributed by atoms with Gasteiger partial charge in [0.15, 0.2) is 0 Å². The summed E-state index contributed by atoms with van der Waals surface area (Å²) in [4.78, 5) is 0. The molecule has 1 atom stereocenters. The molecule has 2 nitrogen and oxygen atoms in total. The average Bonchev–Trinajstić information content (AvgIpc) is 2.56. The molecule has 0 aliphatic carbocycles. The average molecular weight is 266 g/mol. The molecule has 1 unspecified atom stereocenters. The van der Waals surface area contributed by atoms with Gasteiger partial charge < -0.3 is 11.1 Å². The van der Waals surface area contributed by atoms with Gasteiger partial charge >= 0.3 is 0 Å². The highest BCUT2D eigenvalue weighted by molar-refractivity contribution is 5.65. The van der Waals surface area contributed by atoms with Crippen molar-refractivity contribution in [2.75, 3.05) is 13.1 Å². The van der Waals surface area contributed by atoms with Gasteiger partial charge in [-0.25, -0.2) is 0 Å². The fourth-order valence-corrected chi connectivity index (χ4v) is 2.99. The van der Waals surface area contributed by atoms with Crippen LogP contribution in [-0.4, -0.2) is 13.1 Å². The number of benzene rings is 2. The van der Waals surface area contributed by atoms with Gasteiger partial charge in [0.2, 0.25) is 0 Å². The topological polar surface area (TPSA) is 38.0 Å². The van der Waals surface area contributed by atoms with Crippen LogP contribution < -0.4 is 11.1 Å². The summed E-state index contributed by atoms with van der Waals surface area (Å²) in [5.41, 5.74) is 10.9. The largest absolute Gasteiger partial charge is 0.326 e. The van der Waals surface area contributed by atoms with E-state index in [9.17, 15) is 0 Å². The molecule has 3 rings (SSSR count). The molecule has 2 aromatic carbocycles. The van der Waals surface area contributed by atoms with Crippen molar-refractivity contribution in [2.24, 2.45) is 5.73 Å². The van der Waals surface area contributed by atoms with Crippen molar-refractivity contribution in [3.05, 3.63) is 59.7 Å². The van der Waals surface area contributed by atoms with E-state index in [2.05, 4.69) is 53.8 Å². The smallest absolute Gasteiger partial charge is 0.0178 e. The molecule has 1 aliphatic rings. The van der Waals surface area contributed by atoms with E-state index in [-0.39, 0.29) is 0 Å². The fraction of sp³-hybridized carbons (Fsp3) is 0.333. The van der Waals surface area contributed by atoms with E-state index in [1.165, 1.54) is 35.1 Å². The van der Waals surface area contributed by atoms with E-state index in [4.69, 9.17) is 5.73 Å². The van der Waals surface area contributed by atoms with Gasteiger partial charge in [0, 0.05) is 13.1 Å². The minimum atomic E-state index is 0.597. The van der Waals surface area contributed by atoms with Crippen LogP contribution in [-0.2, 0) is 6.54 Å². The molecule has 0 amide bonds.